The Morgan fingerprint density at radius 3 is 2.70 bits per heavy atom. The van der Waals surface area contributed by atoms with Gasteiger partial charge in [-0.05, 0) is 55.5 Å². The summed E-state index contributed by atoms with van der Waals surface area (Å²) in [7, 11) is 0. The molecule has 1 N–H and O–H groups in total. The van der Waals surface area contributed by atoms with Crippen LogP contribution in [0.25, 0.3) is 0 Å². The molecule has 3 aromatic rings. The number of carbonyl (C=O) groups is 1. The largest absolute Gasteiger partial charge is 0.457 e. The normalized spacial score (nSPS) is 13.0. The molecule has 0 saturated carbocycles. The summed E-state index contributed by atoms with van der Waals surface area (Å²) in [6.07, 6.45) is 6.63. The van der Waals surface area contributed by atoms with Gasteiger partial charge >= 0.3 is 0 Å². The van der Waals surface area contributed by atoms with Crippen LogP contribution in [0.2, 0.25) is 0 Å². The van der Waals surface area contributed by atoms with Crippen molar-refractivity contribution < 1.29 is 9.53 Å². The lowest BCUT2D eigenvalue weighted by atomic mass is 9.98. The fourth-order valence-electron chi connectivity index (χ4n) is 3.48. The van der Waals surface area contributed by atoms with Crippen LogP contribution in [-0.4, -0.2) is 22.2 Å². The predicted molar refractivity (Wildman–Crippen MR) is 104 cm³/mol. The molecule has 5 nitrogen and oxygen atoms in total. The van der Waals surface area contributed by atoms with Crippen molar-refractivity contribution in [3.05, 3.63) is 77.6 Å². The summed E-state index contributed by atoms with van der Waals surface area (Å²) in [5.41, 5.74) is 3.21. The Hall–Kier alpha value is -3.08. The van der Waals surface area contributed by atoms with Gasteiger partial charge in [-0.15, -0.1) is 0 Å². The first-order valence-electron chi connectivity index (χ1n) is 9.45. The summed E-state index contributed by atoms with van der Waals surface area (Å²) in [6, 6.07) is 16.8. The molecule has 138 valence electrons. The van der Waals surface area contributed by atoms with E-state index in [1.807, 2.05) is 59.4 Å². The van der Waals surface area contributed by atoms with Gasteiger partial charge in [0.2, 0.25) is 0 Å². The molecule has 0 unspecified atom stereocenters. The highest BCUT2D eigenvalue weighted by atomic mass is 16.5. The van der Waals surface area contributed by atoms with E-state index in [0.29, 0.717) is 30.2 Å². The van der Waals surface area contributed by atoms with Crippen LogP contribution in [0.4, 0.5) is 0 Å². The number of ether oxygens (including phenoxy) is 1. The lowest BCUT2D eigenvalue weighted by Gasteiger charge is -2.14. The van der Waals surface area contributed by atoms with Crippen LogP contribution in [0.1, 0.15) is 34.5 Å². The van der Waals surface area contributed by atoms with Crippen LogP contribution in [0.3, 0.4) is 0 Å². The van der Waals surface area contributed by atoms with Gasteiger partial charge < -0.3 is 10.1 Å². The molecule has 0 aliphatic heterocycles. The van der Waals surface area contributed by atoms with Crippen molar-refractivity contribution >= 4 is 5.91 Å². The van der Waals surface area contributed by atoms with Gasteiger partial charge in [-0.25, -0.2) is 0 Å². The minimum Gasteiger partial charge on any atom is -0.457 e. The molecule has 0 radical (unpaired) electrons. The second-order valence-corrected chi connectivity index (χ2v) is 6.71. The summed E-state index contributed by atoms with van der Waals surface area (Å²) in [5.74, 6) is 1.13. The zero-order valence-electron chi connectivity index (χ0n) is 15.2. The molecule has 1 amide bonds. The van der Waals surface area contributed by atoms with E-state index in [9.17, 15) is 4.79 Å². The first-order chi connectivity index (χ1) is 13.3. The lowest BCUT2D eigenvalue weighted by molar-refractivity contribution is 0.0949. The summed E-state index contributed by atoms with van der Waals surface area (Å²) >= 11 is 0. The number of nitrogens with one attached hydrogen (secondary N) is 1. The summed E-state index contributed by atoms with van der Waals surface area (Å²) in [5, 5.41) is 7.47. The average Bonchev–Trinajstić information content (AvgIpc) is 3.12. The number of rotatable bonds is 6. The maximum absolute atomic E-state index is 12.7. The number of aryl methyl sites for hydroxylation is 1. The third-order valence-corrected chi connectivity index (χ3v) is 4.86. The molecule has 5 heteroatoms. The zero-order chi connectivity index (χ0) is 18.5. The van der Waals surface area contributed by atoms with Gasteiger partial charge in [-0.3, -0.25) is 9.48 Å². The minimum absolute atomic E-state index is 0.137. The second-order valence-electron chi connectivity index (χ2n) is 6.71. The molecule has 2 aromatic carbocycles. The van der Waals surface area contributed by atoms with E-state index in [2.05, 4.69) is 10.4 Å². The number of hydrogen-bond donors (Lipinski definition) is 1. The molecule has 0 atom stereocenters. The Morgan fingerprint density at radius 1 is 1.04 bits per heavy atom. The standard InChI is InChI=1S/C22H23N3O2/c26-22(23-14-15-25-20-12-6-4-8-17(20)16-24-25)19-11-5-7-13-21(19)27-18-9-2-1-3-10-18/h1-3,5,7,9-11,13,16H,4,6,8,12,14-15H2,(H,23,26). The quantitative estimate of drug-likeness (QED) is 0.722. The van der Waals surface area contributed by atoms with Crippen molar-refractivity contribution in [2.75, 3.05) is 6.54 Å². The molecule has 0 saturated heterocycles. The van der Waals surface area contributed by atoms with Crippen LogP contribution in [0, 0.1) is 0 Å². The molecule has 0 spiro atoms. The second kappa shape index (κ2) is 8.08. The number of benzene rings is 2. The van der Waals surface area contributed by atoms with Crippen LogP contribution in [-0.2, 0) is 19.4 Å². The van der Waals surface area contributed by atoms with Gasteiger partial charge in [-0.1, -0.05) is 30.3 Å². The topological polar surface area (TPSA) is 56.2 Å². The third kappa shape index (κ3) is 4.03. The van der Waals surface area contributed by atoms with E-state index in [1.165, 1.54) is 24.1 Å². The van der Waals surface area contributed by atoms with Crippen molar-refractivity contribution in [3.8, 4) is 11.5 Å². The molecule has 1 aromatic heterocycles. The number of fused-ring (bicyclic) bond motifs is 1. The molecule has 0 fully saturated rings. The molecular weight excluding hydrogens is 338 g/mol. The predicted octanol–water partition coefficient (Wildman–Crippen LogP) is 3.98. The molecule has 4 rings (SSSR count). The van der Waals surface area contributed by atoms with Gasteiger partial charge in [-0.2, -0.15) is 5.10 Å². The van der Waals surface area contributed by atoms with E-state index >= 15 is 0 Å². The van der Waals surface area contributed by atoms with Crippen LogP contribution in [0.5, 0.6) is 11.5 Å². The number of nitrogens with zero attached hydrogens (tertiary/aromatic N) is 2. The van der Waals surface area contributed by atoms with E-state index < -0.39 is 0 Å². The maximum atomic E-state index is 12.7. The average molecular weight is 361 g/mol. The Kier molecular flexibility index (Phi) is 5.19. The van der Waals surface area contributed by atoms with E-state index in [4.69, 9.17) is 4.74 Å². The van der Waals surface area contributed by atoms with E-state index in [1.54, 1.807) is 6.07 Å². The number of carbonyl (C=O) groups excluding carboxylic acids is 1. The molecule has 1 aliphatic carbocycles. The first kappa shape index (κ1) is 17.3. The molecule has 1 heterocycles. The van der Waals surface area contributed by atoms with Crippen LogP contribution < -0.4 is 10.1 Å². The van der Waals surface area contributed by atoms with Crippen molar-refractivity contribution in [1.82, 2.24) is 15.1 Å². The van der Waals surface area contributed by atoms with Gasteiger partial charge in [0.1, 0.15) is 11.5 Å². The van der Waals surface area contributed by atoms with Crippen LogP contribution in [0.15, 0.2) is 60.8 Å². The molecule has 1 aliphatic rings. The number of hydrogen-bond acceptors (Lipinski definition) is 3. The summed E-state index contributed by atoms with van der Waals surface area (Å²) in [6.45, 7) is 1.22. The summed E-state index contributed by atoms with van der Waals surface area (Å²) < 4.78 is 7.91. The van der Waals surface area contributed by atoms with E-state index in [0.717, 1.165) is 12.8 Å². The number of para-hydroxylation sites is 2. The Balaban J connectivity index is 1.39. The summed E-state index contributed by atoms with van der Waals surface area (Å²) in [4.78, 5) is 12.7. The van der Waals surface area contributed by atoms with Crippen molar-refractivity contribution in [2.45, 2.75) is 32.2 Å². The third-order valence-electron chi connectivity index (χ3n) is 4.86. The Labute approximate surface area is 159 Å². The molecule has 0 bridgehead atoms. The first-order valence-corrected chi connectivity index (χ1v) is 9.45. The Bertz CT molecular complexity index is 918. The lowest BCUT2D eigenvalue weighted by Crippen LogP contribution is -2.28. The van der Waals surface area contributed by atoms with Crippen LogP contribution >= 0.6 is 0 Å². The molecule has 27 heavy (non-hydrogen) atoms. The monoisotopic (exact) mass is 361 g/mol. The highest BCUT2D eigenvalue weighted by Crippen LogP contribution is 2.25. The fourth-order valence-corrected chi connectivity index (χ4v) is 3.48. The van der Waals surface area contributed by atoms with Gasteiger partial charge in [0.25, 0.3) is 5.91 Å². The molecular formula is C22H23N3O2. The van der Waals surface area contributed by atoms with Gasteiger partial charge in [0.05, 0.1) is 18.3 Å². The Morgan fingerprint density at radius 2 is 1.81 bits per heavy atom. The van der Waals surface area contributed by atoms with E-state index in [-0.39, 0.29) is 5.91 Å². The highest BCUT2D eigenvalue weighted by molar-refractivity contribution is 5.97. The smallest absolute Gasteiger partial charge is 0.255 e. The van der Waals surface area contributed by atoms with Gasteiger partial charge in [0.15, 0.2) is 0 Å². The van der Waals surface area contributed by atoms with Gasteiger partial charge in [0, 0.05) is 12.2 Å². The van der Waals surface area contributed by atoms with Crippen molar-refractivity contribution in [1.29, 1.82) is 0 Å². The number of amides is 1. The minimum atomic E-state index is -0.137. The highest BCUT2D eigenvalue weighted by Gasteiger charge is 2.16. The van der Waals surface area contributed by atoms with Crippen molar-refractivity contribution in [3.63, 3.8) is 0 Å². The SMILES string of the molecule is O=C(NCCn1ncc2c1CCCC2)c1ccccc1Oc1ccccc1. The van der Waals surface area contributed by atoms with Crippen molar-refractivity contribution in [2.24, 2.45) is 0 Å². The maximum Gasteiger partial charge on any atom is 0.255 e. The number of aromatic nitrogens is 2. The zero-order valence-corrected chi connectivity index (χ0v) is 15.2. The fraction of sp³-hybridized carbons (Fsp3) is 0.273.